The summed E-state index contributed by atoms with van der Waals surface area (Å²) >= 11 is 0. The average molecular weight is 272 g/mol. The molecule has 2 atom stereocenters. The van der Waals surface area contributed by atoms with Crippen LogP contribution in [-0.4, -0.2) is 35.0 Å². The van der Waals surface area contributed by atoms with Gasteiger partial charge in [-0.15, -0.1) is 0 Å². The molecule has 3 N–H and O–H groups in total. The Morgan fingerprint density at radius 3 is 1.89 bits per heavy atom. The summed E-state index contributed by atoms with van der Waals surface area (Å²) in [4.78, 5) is 34.3. The van der Waals surface area contributed by atoms with Gasteiger partial charge in [-0.25, -0.2) is 0 Å². The summed E-state index contributed by atoms with van der Waals surface area (Å²) in [6.07, 6.45) is 0.338. The first kappa shape index (κ1) is 17.4. The van der Waals surface area contributed by atoms with Crippen LogP contribution in [0.25, 0.3) is 0 Å². The van der Waals surface area contributed by atoms with Crippen molar-refractivity contribution in [3.8, 4) is 0 Å². The van der Waals surface area contributed by atoms with E-state index in [2.05, 4.69) is 10.6 Å². The number of hydrogen-bond donors (Lipinski definition) is 3. The number of amides is 2. The lowest BCUT2D eigenvalue weighted by molar-refractivity contribution is -0.142. The van der Waals surface area contributed by atoms with Gasteiger partial charge in [-0.05, 0) is 18.8 Å². The quantitative estimate of drug-likeness (QED) is 0.637. The van der Waals surface area contributed by atoms with Gasteiger partial charge in [0.05, 0.1) is 0 Å². The highest BCUT2D eigenvalue weighted by molar-refractivity contribution is 5.90. The van der Waals surface area contributed by atoms with Crippen molar-refractivity contribution in [2.45, 2.75) is 53.1 Å². The normalized spacial score (nSPS) is 14.1. The van der Waals surface area contributed by atoms with Gasteiger partial charge in [0.25, 0.3) is 0 Å². The van der Waals surface area contributed by atoms with Gasteiger partial charge < -0.3 is 15.7 Å². The molecular weight excluding hydrogens is 248 g/mol. The number of carboxylic acids is 1. The van der Waals surface area contributed by atoms with Crippen molar-refractivity contribution in [3.63, 3.8) is 0 Å². The molecule has 0 aromatic rings. The van der Waals surface area contributed by atoms with E-state index in [0.717, 1.165) is 0 Å². The van der Waals surface area contributed by atoms with Crippen molar-refractivity contribution in [2.24, 2.45) is 11.8 Å². The standard InChI is InChI=1S/C13H24N2O4/c1-7(2)6-10(16)15-11(8(3)4)12(17)14-9(5)13(18)19/h7-9,11H,6H2,1-5H3,(H,14,17)(H,15,16)(H,18,19)/t9-,11?/m0/s1. The third-order valence-electron chi connectivity index (χ3n) is 2.59. The monoisotopic (exact) mass is 272 g/mol. The summed E-state index contributed by atoms with van der Waals surface area (Å²) in [7, 11) is 0. The number of rotatable bonds is 7. The lowest BCUT2D eigenvalue weighted by Gasteiger charge is -2.23. The molecule has 0 radical (unpaired) electrons. The Balaban J connectivity index is 4.60. The minimum Gasteiger partial charge on any atom is -0.480 e. The molecule has 0 rings (SSSR count). The molecule has 6 nitrogen and oxygen atoms in total. The molecule has 110 valence electrons. The molecule has 0 aliphatic carbocycles. The van der Waals surface area contributed by atoms with Crippen LogP contribution in [0.5, 0.6) is 0 Å². The van der Waals surface area contributed by atoms with Crippen molar-refractivity contribution in [1.29, 1.82) is 0 Å². The highest BCUT2D eigenvalue weighted by Gasteiger charge is 2.26. The molecule has 0 aliphatic rings. The van der Waals surface area contributed by atoms with Crippen LogP contribution in [0.15, 0.2) is 0 Å². The minimum atomic E-state index is -1.11. The molecular formula is C13H24N2O4. The maximum Gasteiger partial charge on any atom is 0.325 e. The number of aliphatic carboxylic acids is 1. The van der Waals surface area contributed by atoms with Crippen LogP contribution in [0, 0.1) is 11.8 Å². The van der Waals surface area contributed by atoms with E-state index < -0.39 is 24.0 Å². The Labute approximate surface area is 113 Å². The van der Waals surface area contributed by atoms with Crippen molar-refractivity contribution in [3.05, 3.63) is 0 Å². The maximum absolute atomic E-state index is 11.9. The molecule has 0 heterocycles. The Kier molecular flexibility index (Phi) is 7.11. The zero-order chi connectivity index (χ0) is 15.2. The summed E-state index contributed by atoms with van der Waals surface area (Å²) in [5.74, 6) is -1.69. The van der Waals surface area contributed by atoms with Gasteiger partial charge in [-0.3, -0.25) is 14.4 Å². The topological polar surface area (TPSA) is 95.5 Å². The number of hydrogen-bond acceptors (Lipinski definition) is 3. The van der Waals surface area contributed by atoms with E-state index in [1.165, 1.54) is 6.92 Å². The van der Waals surface area contributed by atoms with Crippen LogP contribution in [0.4, 0.5) is 0 Å². The lowest BCUT2D eigenvalue weighted by atomic mass is 10.0. The number of carboxylic acid groups (broad SMARTS) is 1. The Bertz CT molecular complexity index is 340. The molecule has 0 aromatic carbocycles. The fourth-order valence-electron chi connectivity index (χ4n) is 1.50. The summed E-state index contributed by atoms with van der Waals surface area (Å²) in [6.45, 7) is 8.80. The Morgan fingerprint density at radius 1 is 1.00 bits per heavy atom. The first-order valence-electron chi connectivity index (χ1n) is 6.47. The summed E-state index contributed by atoms with van der Waals surface area (Å²) < 4.78 is 0. The SMILES string of the molecule is CC(C)CC(=O)NC(C(=O)N[C@@H](C)C(=O)O)C(C)C. The van der Waals surface area contributed by atoms with Crippen LogP contribution in [-0.2, 0) is 14.4 Å². The van der Waals surface area contributed by atoms with Gasteiger partial charge in [-0.1, -0.05) is 27.7 Å². The van der Waals surface area contributed by atoms with Crippen molar-refractivity contribution in [2.75, 3.05) is 0 Å². The lowest BCUT2D eigenvalue weighted by Crippen LogP contribution is -2.53. The van der Waals surface area contributed by atoms with Crippen molar-refractivity contribution < 1.29 is 19.5 Å². The molecule has 0 aliphatic heterocycles. The average Bonchev–Trinajstić information content (AvgIpc) is 2.23. The summed E-state index contributed by atoms with van der Waals surface area (Å²) in [6, 6.07) is -1.69. The van der Waals surface area contributed by atoms with Crippen LogP contribution < -0.4 is 10.6 Å². The largest absolute Gasteiger partial charge is 0.480 e. The molecule has 0 saturated heterocycles. The van der Waals surface area contributed by atoms with E-state index in [0.29, 0.717) is 6.42 Å². The highest BCUT2D eigenvalue weighted by atomic mass is 16.4. The molecule has 6 heteroatoms. The van der Waals surface area contributed by atoms with Crippen LogP contribution in [0.1, 0.15) is 41.0 Å². The second-order valence-corrected chi connectivity index (χ2v) is 5.46. The molecule has 0 spiro atoms. The van der Waals surface area contributed by atoms with Gasteiger partial charge >= 0.3 is 5.97 Å². The first-order valence-corrected chi connectivity index (χ1v) is 6.47. The third-order valence-corrected chi connectivity index (χ3v) is 2.59. The van der Waals surface area contributed by atoms with E-state index in [1.807, 2.05) is 13.8 Å². The number of carbonyl (C=O) groups is 3. The second-order valence-electron chi connectivity index (χ2n) is 5.46. The predicted octanol–water partition coefficient (Wildman–Crippen LogP) is 0.763. The van der Waals surface area contributed by atoms with E-state index in [-0.39, 0.29) is 17.7 Å². The molecule has 19 heavy (non-hydrogen) atoms. The molecule has 1 unspecified atom stereocenters. The third kappa shape index (κ3) is 6.79. The van der Waals surface area contributed by atoms with Crippen molar-refractivity contribution >= 4 is 17.8 Å². The summed E-state index contributed by atoms with van der Waals surface area (Å²) in [5.41, 5.74) is 0. The summed E-state index contributed by atoms with van der Waals surface area (Å²) in [5, 5.41) is 13.8. The fraction of sp³-hybridized carbons (Fsp3) is 0.769. The van der Waals surface area contributed by atoms with E-state index in [4.69, 9.17) is 5.11 Å². The van der Waals surface area contributed by atoms with Gasteiger partial charge in [0.15, 0.2) is 0 Å². The molecule has 0 saturated carbocycles. The van der Waals surface area contributed by atoms with Crippen LogP contribution >= 0.6 is 0 Å². The number of nitrogens with one attached hydrogen (secondary N) is 2. The van der Waals surface area contributed by atoms with E-state index in [9.17, 15) is 14.4 Å². The zero-order valence-electron chi connectivity index (χ0n) is 12.2. The van der Waals surface area contributed by atoms with E-state index in [1.54, 1.807) is 13.8 Å². The van der Waals surface area contributed by atoms with Gasteiger partial charge in [0.1, 0.15) is 12.1 Å². The minimum absolute atomic E-state index is 0.114. The Morgan fingerprint density at radius 2 is 1.53 bits per heavy atom. The number of carbonyl (C=O) groups excluding carboxylic acids is 2. The van der Waals surface area contributed by atoms with Crippen LogP contribution in [0.2, 0.25) is 0 Å². The van der Waals surface area contributed by atoms with Crippen LogP contribution in [0.3, 0.4) is 0 Å². The van der Waals surface area contributed by atoms with Crippen molar-refractivity contribution in [1.82, 2.24) is 10.6 Å². The van der Waals surface area contributed by atoms with Gasteiger partial charge in [-0.2, -0.15) is 0 Å². The predicted molar refractivity (Wildman–Crippen MR) is 71.5 cm³/mol. The zero-order valence-corrected chi connectivity index (χ0v) is 12.2. The maximum atomic E-state index is 11.9. The fourth-order valence-corrected chi connectivity index (χ4v) is 1.50. The Hall–Kier alpha value is -1.59. The smallest absolute Gasteiger partial charge is 0.325 e. The molecule has 0 aromatic heterocycles. The first-order chi connectivity index (χ1) is 8.65. The molecule has 0 fully saturated rings. The van der Waals surface area contributed by atoms with Gasteiger partial charge in [0.2, 0.25) is 11.8 Å². The molecule has 2 amide bonds. The molecule has 0 bridgehead atoms. The van der Waals surface area contributed by atoms with Gasteiger partial charge in [0, 0.05) is 6.42 Å². The second kappa shape index (κ2) is 7.76. The van der Waals surface area contributed by atoms with E-state index >= 15 is 0 Å². The highest BCUT2D eigenvalue weighted by Crippen LogP contribution is 2.05.